The molecule has 33 heavy (non-hydrogen) atoms. The van der Waals surface area contributed by atoms with Gasteiger partial charge < -0.3 is 16.4 Å². The average Bonchev–Trinajstić information content (AvgIpc) is 3.54. The van der Waals surface area contributed by atoms with Crippen LogP contribution in [0, 0.1) is 5.41 Å². The largest absolute Gasteiger partial charge is 0.381 e. The Morgan fingerprint density at radius 2 is 1.94 bits per heavy atom. The molecule has 11 heteroatoms. The maximum absolute atomic E-state index is 6.64. The van der Waals surface area contributed by atoms with Crippen LogP contribution < -0.4 is 16.4 Å². The summed E-state index contributed by atoms with van der Waals surface area (Å²) in [6, 6.07) is 1.91. The molecule has 7 nitrogen and oxygen atoms in total. The second kappa shape index (κ2) is 8.23. The first-order chi connectivity index (χ1) is 15.9. The fourth-order valence-electron chi connectivity index (χ4n) is 4.97. The molecule has 1 spiro atoms. The number of nitrogens with two attached hydrogens (primary N) is 2. The summed E-state index contributed by atoms with van der Waals surface area (Å²) < 4.78 is 0.586. The van der Waals surface area contributed by atoms with Crippen molar-refractivity contribution in [1.29, 1.82) is 0 Å². The maximum atomic E-state index is 6.64. The van der Waals surface area contributed by atoms with E-state index in [9.17, 15) is 0 Å². The van der Waals surface area contributed by atoms with Crippen LogP contribution in [0.5, 0.6) is 0 Å². The Labute approximate surface area is 210 Å². The highest BCUT2D eigenvalue weighted by atomic mass is 35.5. The second-order valence-corrected chi connectivity index (χ2v) is 12.1. The van der Waals surface area contributed by atoms with Crippen LogP contribution in [0.4, 0.5) is 11.6 Å². The molecular weight excluding hydrogens is 497 g/mol. The molecule has 1 saturated carbocycles. The molecule has 1 aliphatic heterocycles. The van der Waals surface area contributed by atoms with Gasteiger partial charge in [0.2, 0.25) is 0 Å². The Hall–Kier alpha value is -1.65. The van der Waals surface area contributed by atoms with Gasteiger partial charge in [-0.25, -0.2) is 15.0 Å². The molecular formula is C22H23Cl2N7S2. The van der Waals surface area contributed by atoms with Gasteiger partial charge in [0.25, 0.3) is 0 Å². The molecule has 3 aromatic heterocycles. The normalized spacial score (nSPS) is 21.5. The quantitative estimate of drug-likeness (QED) is 0.490. The number of aromatic nitrogens is 4. The summed E-state index contributed by atoms with van der Waals surface area (Å²) in [5.74, 6) is 1.70. The molecule has 1 atom stereocenters. The molecule has 2 fully saturated rings. The van der Waals surface area contributed by atoms with Gasteiger partial charge in [0.1, 0.15) is 10.8 Å². The van der Waals surface area contributed by atoms with Crippen LogP contribution in [-0.4, -0.2) is 33.0 Å². The molecule has 2 aliphatic carbocycles. The second-order valence-electron chi connectivity index (χ2n) is 9.08. The number of pyridine rings is 1. The van der Waals surface area contributed by atoms with Crippen LogP contribution >= 0.6 is 46.3 Å². The van der Waals surface area contributed by atoms with Gasteiger partial charge >= 0.3 is 0 Å². The van der Waals surface area contributed by atoms with Crippen LogP contribution in [0.15, 0.2) is 28.4 Å². The predicted molar refractivity (Wildman–Crippen MR) is 133 cm³/mol. The standard InChI is InChI=1S/C22H23Cl2N7S2/c23-15-13(3-6-27-16(15)11-1-2-11)32-20-19(26)30-14(10-28-20)31-7-4-22(5-8-31)9-12-17(18(22)25)33-21(24)29-12/h3,6,10-11,18H,1-2,4-5,7-9,25H2,(H2,26,30). The summed E-state index contributed by atoms with van der Waals surface area (Å²) in [6.07, 6.45) is 8.77. The van der Waals surface area contributed by atoms with Gasteiger partial charge in [-0.1, -0.05) is 35.0 Å². The molecule has 0 amide bonds. The number of thiazole rings is 1. The molecule has 4 heterocycles. The number of halogens is 2. The highest BCUT2D eigenvalue weighted by Gasteiger charge is 2.48. The van der Waals surface area contributed by atoms with E-state index in [1.165, 1.54) is 23.1 Å². The third-order valence-corrected chi connectivity index (χ3v) is 9.91. The van der Waals surface area contributed by atoms with Crippen molar-refractivity contribution in [2.75, 3.05) is 23.7 Å². The van der Waals surface area contributed by atoms with Crippen LogP contribution in [0.3, 0.4) is 0 Å². The fourth-order valence-corrected chi connectivity index (χ4v) is 7.44. The monoisotopic (exact) mass is 519 g/mol. The van der Waals surface area contributed by atoms with E-state index < -0.39 is 0 Å². The Morgan fingerprint density at radius 1 is 1.15 bits per heavy atom. The summed E-state index contributed by atoms with van der Waals surface area (Å²) in [5, 5.41) is 1.36. The first-order valence-electron chi connectivity index (χ1n) is 11.0. The predicted octanol–water partition coefficient (Wildman–Crippen LogP) is 5.09. The molecule has 3 aromatic rings. The van der Waals surface area contributed by atoms with Crippen LogP contribution in [0.2, 0.25) is 9.49 Å². The van der Waals surface area contributed by atoms with Crippen molar-refractivity contribution in [3.05, 3.63) is 44.2 Å². The Balaban J connectivity index is 1.15. The van der Waals surface area contributed by atoms with E-state index in [0.717, 1.165) is 72.2 Å². The fraction of sp³-hybridized carbons (Fsp3) is 0.455. The van der Waals surface area contributed by atoms with Gasteiger partial charge in [-0.2, -0.15) is 0 Å². The topological polar surface area (TPSA) is 107 Å². The lowest BCUT2D eigenvalue weighted by Crippen LogP contribution is -2.44. The van der Waals surface area contributed by atoms with Gasteiger partial charge in [-0.3, -0.25) is 4.98 Å². The zero-order valence-electron chi connectivity index (χ0n) is 17.8. The Morgan fingerprint density at radius 3 is 2.64 bits per heavy atom. The van der Waals surface area contributed by atoms with Crippen molar-refractivity contribution >= 4 is 57.9 Å². The molecule has 1 unspecified atom stereocenters. The van der Waals surface area contributed by atoms with Crippen molar-refractivity contribution in [1.82, 2.24) is 19.9 Å². The van der Waals surface area contributed by atoms with Gasteiger partial charge in [0, 0.05) is 41.0 Å². The number of anilines is 2. The minimum Gasteiger partial charge on any atom is -0.381 e. The van der Waals surface area contributed by atoms with Crippen LogP contribution in [0.25, 0.3) is 0 Å². The highest BCUT2D eigenvalue weighted by molar-refractivity contribution is 7.99. The lowest BCUT2D eigenvalue weighted by molar-refractivity contribution is 0.187. The molecule has 6 rings (SSSR count). The van der Waals surface area contributed by atoms with Gasteiger partial charge in [-0.05, 0) is 43.6 Å². The smallest absolute Gasteiger partial charge is 0.184 e. The summed E-state index contributed by atoms with van der Waals surface area (Å²) >= 11 is 15.7. The number of hydrogen-bond donors (Lipinski definition) is 2. The van der Waals surface area contributed by atoms with Crippen molar-refractivity contribution in [3.63, 3.8) is 0 Å². The van der Waals surface area contributed by atoms with Gasteiger partial charge in [0.15, 0.2) is 10.3 Å². The molecule has 1 saturated heterocycles. The first kappa shape index (κ1) is 21.9. The average molecular weight is 521 g/mol. The number of hydrogen-bond acceptors (Lipinski definition) is 9. The third kappa shape index (κ3) is 3.87. The molecule has 4 N–H and O–H groups in total. The first-order valence-corrected chi connectivity index (χ1v) is 13.4. The minimum atomic E-state index is 0.000204. The van der Waals surface area contributed by atoms with Crippen molar-refractivity contribution in [2.45, 2.75) is 54.0 Å². The van der Waals surface area contributed by atoms with Crippen molar-refractivity contribution in [2.24, 2.45) is 11.1 Å². The van der Waals surface area contributed by atoms with E-state index in [1.807, 2.05) is 6.07 Å². The molecule has 3 aliphatic rings. The summed E-state index contributed by atoms with van der Waals surface area (Å²) in [5.41, 5.74) is 15.1. The number of nitrogens with zero attached hydrogens (tertiary/aromatic N) is 5. The van der Waals surface area contributed by atoms with Gasteiger partial charge in [-0.15, -0.1) is 11.3 Å². The SMILES string of the molecule is Nc1nc(N2CCC3(CC2)Cc2nc(Cl)sc2C3N)cnc1Sc1ccnc(C2CC2)c1Cl. The zero-order valence-corrected chi connectivity index (χ0v) is 20.9. The number of piperidine rings is 1. The Bertz CT molecular complexity index is 1220. The number of nitrogen functional groups attached to an aromatic ring is 1. The number of rotatable bonds is 4. The van der Waals surface area contributed by atoms with E-state index >= 15 is 0 Å². The summed E-state index contributed by atoms with van der Waals surface area (Å²) in [6.45, 7) is 1.72. The van der Waals surface area contributed by atoms with E-state index in [-0.39, 0.29) is 11.5 Å². The number of fused-ring (bicyclic) bond motifs is 1. The lowest BCUT2D eigenvalue weighted by atomic mass is 9.74. The molecule has 172 valence electrons. The van der Waals surface area contributed by atoms with E-state index in [0.29, 0.717) is 26.3 Å². The lowest BCUT2D eigenvalue weighted by Gasteiger charge is -2.42. The van der Waals surface area contributed by atoms with Gasteiger partial charge in [0.05, 0.1) is 22.6 Å². The van der Waals surface area contributed by atoms with Crippen molar-refractivity contribution in [3.8, 4) is 0 Å². The van der Waals surface area contributed by atoms with E-state index in [4.69, 9.17) is 34.7 Å². The Kier molecular flexibility index (Phi) is 5.45. The minimum absolute atomic E-state index is 0.000204. The van der Waals surface area contributed by atoms with E-state index in [2.05, 4.69) is 24.8 Å². The summed E-state index contributed by atoms with van der Waals surface area (Å²) in [7, 11) is 0. The van der Waals surface area contributed by atoms with Crippen LogP contribution in [0.1, 0.15) is 53.9 Å². The maximum Gasteiger partial charge on any atom is 0.184 e. The molecule has 0 aromatic carbocycles. The zero-order chi connectivity index (χ0) is 22.7. The van der Waals surface area contributed by atoms with Crippen LogP contribution in [-0.2, 0) is 6.42 Å². The highest BCUT2D eigenvalue weighted by Crippen LogP contribution is 2.53. The van der Waals surface area contributed by atoms with Crippen molar-refractivity contribution < 1.29 is 0 Å². The molecule has 0 bridgehead atoms. The third-order valence-electron chi connectivity index (χ3n) is 7.05. The summed E-state index contributed by atoms with van der Waals surface area (Å²) in [4.78, 5) is 22.5. The molecule has 0 radical (unpaired) electrons. The van der Waals surface area contributed by atoms with E-state index in [1.54, 1.807) is 12.4 Å².